The first-order valence-corrected chi connectivity index (χ1v) is 16.0. The molecule has 2 fully saturated rings. The van der Waals surface area contributed by atoms with Crippen molar-refractivity contribution in [1.82, 2.24) is 10.2 Å². The maximum atomic E-state index is 14.0. The summed E-state index contributed by atoms with van der Waals surface area (Å²) < 4.78 is 11.2. The van der Waals surface area contributed by atoms with E-state index in [2.05, 4.69) is 5.32 Å². The molecule has 2 saturated heterocycles. The van der Waals surface area contributed by atoms with Crippen molar-refractivity contribution >= 4 is 52.2 Å². The summed E-state index contributed by atoms with van der Waals surface area (Å²) in [6.45, 7) is 0.319. The number of nitrogens with one attached hydrogen (secondary N) is 1. The first-order valence-electron chi connectivity index (χ1n) is 13.2. The van der Waals surface area contributed by atoms with Crippen LogP contribution in [-0.2, 0) is 37.6 Å². The molecule has 210 valence electrons. The third kappa shape index (κ3) is 5.39. The second-order valence-corrected chi connectivity index (χ2v) is 13.0. The molecule has 41 heavy (non-hydrogen) atoms. The molecule has 7 nitrogen and oxygen atoms in total. The van der Waals surface area contributed by atoms with Crippen LogP contribution in [0.4, 0.5) is 0 Å². The molecule has 4 heterocycles. The van der Waals surface area contributed by atoms with E-state index >= 15 is 0 Å². The van der Waals surface area contributed by atoms with Crippen molar-refractivity contribution < 1.29 is 23.9 Å². The van der Waals surface area contributed by atoms with E-state index in [-0.39, 0.29) is 42.7 Å². The quantitative estimate of drug-likeness (QED) is 0.211. The Morgan fingerprint density at radius 3 is 2.51 bits per heavy atom. The lowest BCUT2D eigenvalue weighted by Gasteiger charge is -2.54. The first-order chi connectivity index (χ1) is 20.0. The second-order valence-electron chi connectivity index (χ2n) is 10.0. The summed E-state index contributed by atoms with van der Waals surface area (Å²) in [6, 6.07) is 22.3. The van der Waals surface area contributed by atoms with Gasteiger partial charge in [0.1, 0.15) is 29.2 Å². The van der Waals surface area contributed by atoms with Crippen molar-refractivity contribution in [3.05, 3.63) is 99.6 Å². The van der Waals surface area contributed by atoms with Crippen LogP contribution in [0.25, 0.3) is 10.4 Å². The lowest BCUT2D eigenvalue weighted by molar-refractivity contribution is -0.158. The molecule has 0 bridgehead atoms. The van der Waals surface area contributed by atoms with Gasteiger partial charge in [0, 0.05) is 27.6 Å². The van der Waals surface area contributed by atoms with E-state index < -0.39 is 11.5 Å². The Kier molecular flexibility index (Phi) is 7.88. The number of rotatable bonds is 9. The summed E-state index contributed by atoms with van der Waals surface area (Å²) in [7, 11) is 1.61. The Bertz CT molecular complexity index is 1540. The Morgan fingerprint density at radius 1 is 0.976 bits per heavy atom. The van der Waals surface area contributed by atoms with Crippen molar-refractivity contribution in [2.24, 2.45) is 0 Å². The van der Waals surface area contributed by atoms with Gasteiger partial charge in [-0.25, -0.2) is 0 Å². The number of thiophene rings is 2. The fourth-order valence-electron chi connectivity index (χ4n) is 5.25. The Morgan fingerprint density at radius 2 is 1.78 bits per heavy atom. The summed E-state index contributed by atoms with van der Waals surface area (Å²) in [5, 5.41) is 6.70. The largest absolute Gasteiger partial charge is 0.497 e. The van der Waals surface area contributed by atoms with Gasteiger partial charge in [-0.3, -0.25) is 14.4 Å². The molecule has 2 aromatic carbocycles. The zero-order chi connectivity index (χ0) is 28.4. The van der Waals surface area contributed by atoms with Crippen LogP contribution in [0.3, 0.4) is 0 Å². The highest BCUT2D eigenvalue weighted by atomic mass is 32.2. The number of benzene rings is 2. The monoisotopic (exact) mass is 604 g/mol. The number of esters is 1. The Hall–Kier alpha value is -3.60. The average Bonchev–Trinajstić information content (AvgIpc) is 3.72. The van der Waals surface area contributed by atoms with Crippen LogP contribution >= 0.6 is 34.4 Å². The fourth-order valence-corrected chi connectivity index (χ4v) is 8.80. The van der Waals surface area contributed by atoms with Crippen LogP contribution in [0, 0.1) is 0 Å². The molecule has 4 aromatic rings. The highest BCUT2D eigenvalue weighted by Gasteiger charge is 2.59. The number of hydrogen-bond donors (Lipinski definition) is 1. The standard InChI is InChI=1S/C31H28N2O5S3/c1-37-22-11-9-21(10-12-22)17-38-30(36)31(27-23(13-15-40-27)24-8-5-14-39-24)18-33-28(35)26(29(33)41-19-31)32-25(34)16-20-6-3-2-4-7-20/h2-15,26,29H,16-19H2,1H3,(H,32,34)/t26?,29-,31?/m1/s1. The first kappa shape index (κ1) is 27.6. The maximum absolute atomic E-state index is 14.0. The summed E-state index contributed by atoms with van der Waals surface area (Å²) in [5.41, 5.74) is 1.70. The average molecular weight is 605 g/mol. The minimum atomic E-state index is -1.03. The predicted molar refractivity (Wildman–Crippen MR) is 162 cm³/mol. The van der Waals surface area contributed by atoms with Crippen LogP contribution in [0.2, 0.25) is 0 Å². The Balaban J connectivity index is 1.22. The van der Waals surface area contributed by atoms with Gasteiger partial charge in [0.15, 0.2) is 0 Å². The zero-order valence-electron chi connectivity index (χ0n) is 22.3. The summed E-state index contributed by atoms with van der Waals surface area (Å²) in [5.74, 6) is 0.442. The van der Waals surface area contributed by atoms with Gasteiger partial charge in [-0.1, -0.05) is 48.5 Å². The minimum absolute atomic E-state index is 0.116. The molecule has 0 saturated carbocycles. The van der Waals surface area contributed by atoms with E-state index in [4.69, 9.17) is 9.47 Å². The van der Waals surface area contributed by atoms with Gasteiger partial charge in [0.25, 0.3) is 0 Å². The third-order valence-corrected chi connectivity index (χ3v) is 11.0. The van der Waals surface area contributed by atoms with Gasteiger partial charge in [0.05, 0.1) is 13.5 Å². The van der Waals surface area contributed by atoms with E-state index in [0.717, 1.165) is 32.2 Å². The zero-order valence-corrected chi connectivity index (χ0v) is 24.7. The van der Waals surface area contributed by atoms with Crippen molar-refractivity contribution in [3.8, 4) is 16.2 Å². The van der Waals surface area contributed by atoms with Crippen LogP contribution in [0.15, 0.2) is 83.6 Å². The molecule has 2 amide bonds. The SMILES string of the molecule is COc1ccc(COC(=O)C2(c3sccc3-c3cccs3)CS[C@@H]3C(NC(=O)Cc4ccccc4)C(=O)N3C2)cc1. The number of thioether (sulfide) groups is 1. The van der Waals surface area contributed by atoms with E-state index in [1.165, 1.54) is 23.1 Å². The van der Waals surface area contributed by atoms with Crippen LogP contribution in [0.5, 0.6) is 5.75 Å². The normalized spacial score (nSPS) is 21.5. The van der Waals surface area contributed by atoms with Gasteiger partial charge in [0.2, 0.25) is 11.8 Å². The molecule has 2 aliphatic heterocycles. The number of nitrogens with zero attached hydrogens (tertiary/aromatic N) is 1. The molecule has 3 atom stereocenters. The molecule has 2 aromatic heterocycles. The fraction of sp³-hybridized carbons (Fsp3) is 0.258. The maximum Gasteiger partial charge on any atom is 0.320 e. The summed E-state index contributed by atoms with van der Waals surface area (Å²) in [6.07, 6.45) is 0.211. The molecule has 0 spiro atoms. The number of β-lactam (4-membered cyclic amide) rings is 1. The molecule has 0 radical (unpaired) electrons. The Labute approximate surface area is 250 Å². The van der Waals surface area contributed by atoms with Gasteiger partial charge in [-0.05, 0) is 46.2 Å². The molecule has 10 heteroatoms. The number of methoxy groups -OCH3 is 1. The minimum Gasteiger partial charge on any atom is -0.497 e. The van der Waals surface area contributed by atoms with Crippen molar-refractivity contribution in [2.45, 2.75) is 29.9 Å². The summed E-state index contributed by atoms with van der Waals surface area (Å²) >= 11 is 4.65. The molecule has 2 aliphatic rings. The van der Waals surface area contributed by atoms with Crippen molar-refractivity contribution in [1.29, 1.82) is 0 Å². The highest BCUT2D eigenvalue weighted by molar-refractivity contribution is 8.00. The molecule has 0 aliphatic carbocycles. The number of carbonyl (C=O) groups is 3. The number of ether oxygens (including phenoxy) is 2. The molecule has 1 N–H and O–H groups in total. The third-order valence-electron chi connectivity index (χ3n) is 7.41. The summed E-state index contributed by atoms with van der Waals surface area (Å²) in [4.78, 5) is 43.8. The van der Waals surface area contributed by atoms with Crippen LogP contribution in [-0.4, -0.2) is 53.5 Å². The van der Waals surface area contributed by atoms with E-state index in [1.807, 2.05) is 83.6 Å². The molecule has 2 unspecified atom stereocenters. The van der Waals surface area contributed by atoms with E-state index in [0.29, 0.717) is 5.75 Å². The lowest BCUT2D eigenvalue weighted by Crippen LogP contribution is -2.74. The van der Waals surface area contributed by atoms with Crippen LogP contribution in [0.1, 0.15) is 16.0 Å². The van der Waals surface area contributed by atoms with Crippen LogP contribution < -0.4 is 10.1 Å². The van der Waals surface area contributed by atoms with Crippen molar-refractivity contribution in [3.63, 3.8) is 0 Å². The smallest absolute Gasteiger partial charge is 0.320 e. The lowest BCUT2D eigenvalue weighted by atomic mass is 9.83. The number of carbonyl (C=O) groups excluding carboxylic acids is 3. The van der Waals surface area contributed by atoms with Gasteiger partial charge < -0.3 is 19.7 Å². The van der Waals surface area contributed by atoms with Gasteiger partial charge >= 0.3 is 5.97 Å². The van der Waals surface area contributed by atoms with Crippen molar-refractivity contribution in [2.75, 3.05) is 19.4 Å². The predicted octanol–water partition coefficient (Wildman–Crippen LogP) is 5.11. The second kappa shape index (κ2) is 11.7. The number of fused-ring (bicyclic) bond motifs is 1. The highest BCUT2D eigenvalue weighted by Crippen LogP contribution is 2.49. The number of amides is 2. The molecule has 6 rings (SSSR count). The molecular formula is C31H28N2O5S3. The van der Waals surface area contributed by atoms with Gasteiger partial charge in [-0.2, -0.15) is 0 Å². The molecular weight excluding hydrogens is 577 g/mol. The topological polar surface area (TPSA) is 84.9 Å². The number of hydrogen-bond acceptors (Lipinski definition) is 8. The van der Waals surface area contributed by atoms with E-state index in [9.17, 15) is 14.4 Å². The van der Waals surface area contributed by atoms with E-state index in [1.54, 1.807) is 23.3 Å². The van der Waals surface area contributed by atoms with Gasteiger partial charge in [-0.15, -0.1) is 34.4 Å².